The van der Waals surface area contributed by atoms with Gasteiger partial charge in [-0.3, -0.25) is 0 Å². The van der Waals surface area contributed by atoms with E-state index in [9.17, 15) is 14.7 Å². The van der Waals surface area contributed by atoms with Gasteiger partial charge in [0.2, 0.25) is 0 Å². The van der Waals surface area contributed by atoms with Crippen LogP contribution in [0.15, 0.2) is 0 Å². The first-order chi connectivity index (χ1) is 3.13. The van der Waals surface area contributed by atoms with Gasteiger partial charge in [0.05, 0.1) is 0 Å². The first-order valence-electron chi connectivity index (χ1n) is 1.10. The normalized spacial score (nSPS) is 6.22. The van der Waals surface area contributed by atoms with Crippen molar-refractivity contribution in [2.75, 3.05) is 0 Å². The Balaban J connectivity index is -0.0000000600. The van der Waals surface area contributed by atoms with Crippen molar-refractivity contribution in [2.45, 2.75) is 0 Å². The predicted octanol–water partition coefficient (Wildman–Crippen LogP) is -3.27. The van der Waals surface area contributed by atoms with Gasteiger partial charge in [-0.05, 0) is 0 Å². The van der Waals surface area contributed by atoms with E-state index in [-0.39, 0.29) is 37.1 Å². The molecule has 0 fully saturated rings. The van der Waals surface area contributed by atoms with Crippen LogP contribution in [0.2, 0.25) is 0 Å². The summed E-state index contributed by atoms with van der Waals surface area (Å²) in [4.78, 5) is 0. The van der Waals surface area contributed by atoms with Gasteiger partial charge >= 0.3 is 77.6 Å². The molecule has 0 aromatic rings. The molecule has 0 aliphatic rings. The minimum absolute atomic E-state index is 0. The van der Waals surface area contributed by atoms with E-state index in [1.54, 1.807) is 0 Å². The van der Waals surface area contributed by atoms with Crippen molar-refractivity contribution in [1.29, 1.82) is 0 Å². The molecule has 0 radical (unpaired) electrons. The SMILES string of the molecule is N.[H-].[Na+].[O]=[V](=[O])[O][V](=[O])=[O]. The summed E-state index contributed by atoms with van der Waals surface area (Å²) in [6.45, 7) is 0. The van der Waals surface area contributed by atoms with Crippen molar-refractivity contribution in [3.8, 4) is 0 Å². The van der Waals surface area contributed by atoms with Crippen LogP contribution in [-0.4, -0.2) is 0 Å². The standard InChI is InChI=1S/H3N.Na.5O.2V.H/h1H3;;;;;;;;;/q;+1;;;;;;;;-1. The van der Waals surface area contributed by atoms with E-state index < -0.39 is 30.8 Å². The maximum absolute atomic E-state index is 9.34. The zero-order valence-corrected chi connectivity index (χ0v) is 9.44. The minimum atomic E-state index is -3.84. The molecule has 0 aromatic carbocycles. The van der Waals surface area contributed by atoms with Crippen LogP contribution in [0.3, 0.4) is 0 Å². The molecule has 6 nitrogen and oxygen atoms in total. The van der Waals surface area contributed by atoms with Gasteiger partial charge in [-0.1, -0.05) is 0 Å². The maximum atomic E-state index is 9.34. The molecule has 9 heavy (non-hydrogen) atoms. The second-order valence-corrected chi connectivity index (χ2v) is 3.23. The van der Waals surface area contributed by atoms with Crippen LogP contribution in [-0.2, 0) is 48.1 Å². The van der Waals surface area contributed by atoms with Crippen LogP contribution >= 0.6 is 0 Å². The van der Waals surface area contributed by atoms with E-state index in [1.807, 2.05) is 0 Å². The zero-order chi connectivity index (χ0) is 5.86. The van der Waals surface area contributed by atoms with Crippen molar-refractivity contribution in [2.24, 2.45) is 0 Å². The quantitative estimate of drug-likeness (QED) is 0.491. The molecule has 0 aliphatic carbocycles. The summed E-state index contributed by atoms with van der Waals surface area (Å²) in [5.74, 6) is 0. The Labute approximate surface area is 84.4 Å². The number of hydrogen-bond donors (Lipinski definition) is 1. The Hall–Kier alpha value is 1.29. The first-order valence-corrected chi connectivity index (χ1v) is 4.52. The van der Waals surface area contributed by atoms with Gasteiger partial charge in [-0.25, -0.2) is 0 Å². The fraction of sp³-hybridized carbons (Fsp3) is 0. The summed E-state index contributed by atoms with van der Waals surface area (Å²) < 4.78 is 40.7. The second-order valence-electron chi connectivity index (χ2n) is 0.529. The van der Waals surface area contributed by atoms with Crippen LogP contribution < -0.4 is 35.7 Å². The van der Waals surface area contributed by atoms with Crippen LogP contribution in [0.4, 0.5) is 0 Å². The van der Waals surface area contributed by atoms with Gasteiger partial charge in [0.15, 0.2) is 0 Å². The van der Waals surface area contributed by atoms with Crippen LogP contribution in [0, 0.1) is 0 Å². The summed E-state index contributed by atoms with van der Waals surface area (Å²) in [7, 11) is 0. The number of hydrogen-bond acceptors (Lipinski definition) is 6. The Bertz CT molecular complexity index is 148. The zero-order valence-electron chi connectivity index (χ0n) is 5.64. The molecule has 0 amide bonds. The van der Waals surface area contributed by atoms with Crippen molar-refractivity contribution in [1.82, 2.24) is 6.15 Å². The molecule has 3 N–H and O–H groups in total. The Morgan fingerprint density at radius 1 is 1.00 bits per heavy atom. The molecule has 0 unspecified atom stereocenters. The Morgan fingerprint density at radius 3 is 1.22 bits per heavy atom. The Morgan fingerprint density at radius 2 is 1.22 bits per heavy atom. The van der Waals surface area contributed by atoms with Crippen LogP contribution in [0.1, 0.15) is 1.43 Å². The van der Waals surface area contributed by atoms with E-state index in [2.05, 4.69) is 2.59 Å². The third-order valence-corrected chi connectivity index (χ3v) is 2.27. The molecular weight excluding hydrogens is 219 g/mol. The summed E-state index contributed by atoms with van der Waals surface area (Å²) in [6.07, 6.45) is 0. The van der Waals surface area contributed by atoms with Crippen molar-refractivity contribution in [3.05, 3.63) is 0 Å². The Kier molecular flexibility index (Phi) is 17.2. The molecule has 9 heteroatoms. The van der Waals surface area contributed by atoms with Gasteiger partial charge < -0.3 is 7.58 Å². The van der Waals surface area contributed by atoms with Crippen molar-refractivity contribution >= 4 is 0 Å². The third-order valence-electron chi connectivity index (χ3n) is 0.133. The average molecular weight is 223 g/mol. The summed E-state index contributed by atoms with van der Waals surface area (Å²) in [6, 6.07) is 0. The molecule has 0 aromatic heterocycles. The topological polar surface area (TPSA) is 113 Å². The van der Waals surface area contributed by atoms with Gasteiger partial charge in [-0.2, -0.15) is 0 Å². The molecular formula is H4NNaO5V2. The second kappa shape index (κ2) is 9.29. The molecule has 0 saturated heterocycles. The summed E-state index contributed by atoms with van der Waals surface area (Å²) in [5.41, 5.74) is 0. The predicted molar refractivity (Wildman–Crippen MR) is 9.97 cm³/mol. The first kappa shape index (κ1) is 16.7. The molecule has 0 atom stereocenters. The molecule has 0 aliphatic heterocycles. The fourth-order valence-corrected chi connectivity index (χ4v) is 0.925. The molecule has 0 bridgehead atoms. The summed E-state index contributed by atoms with van der Waals surface area (Å²) >= 11 is -7.69. The monoisotopic (exact) mass is 223 g/mol. The van der Waals surface area contributed by atoms with Gasteiger partial charge in [0.25, 0.3) is 0 Å². The van der Waals surface area contributed by atoms with Crippen LogP contribution in [0.5, 0.6) is 0 Å². The average Bonchev–Trinajstić information content (AvgIpc) is 1.27. The third kappa shape index (κ3) is 17.6. The van der Waals surface area contributed by atoms with Crippen LogP contribution in [0.25, 0.3) is 0 Å². The molecule has 0 spiro atoms. The molecule has 0 saturated carbocycles. The molecule has 0 rings (SSSR count). The molecule has 50 valence electrons. The van der Waals surface area contributed by atoms with E-state index in [1.165, 1.54) is 0 Å². The van der Waals surface area contributed by atoms with E-state index >= 15 is 0 Å². The van der Waals surface area contributed by atoms with Gasteiger partial charge in [0, 0.05) is 0 Å². The van der Waals surface area contributed by atoms with Crippen molar-refractivity contribution in [3.63, 3.8) is 0 Å². The van der Waals surface area contributed by atoms with Gasteiger partial charge in [0.1, 0.15) is 0 Å². The van der Waals surface area contributed by atoms with E-state index in [0.717, 1.165) is 0 Å². The van der Waals surface area contributed by atoms with E-state index in [0.29, 0.717) is 0 Å². The van der Waals surface area contributed by atoms with E-state index in [4.69, 9.17) is 0 Å². The molecule has 0 heterocycles. The number of rotatable bonds is 2. The fourth-order valence-electron chi connectivity index (χ4n) is 0.0544. The summed E-state index contributed by atoms with van der Waals surface area (Å²) in [5, 5.41) is 0. The van der Waals surface area contributed by atoms with Gasteiger partial charge in [-0.15, -0.1) is 0 Å². The van der Waals surface area contributed by atoms with Crippen molar-refractivity contribution < 1.29 is 79.1 Å².